The number of nitrogens with zero attached hydrogens (tertiary/aromatic N) is 6. The summed E-state index contributed by atoms with van der Waals surface area (Å²) in [5.41, 5.74) is 6.25. The summed E-state index contributed by atoms with van der Waals surface area (Å²) in [6, 6.07) is 0.541. The van der Waals surface area contributed by atoms with Crippen molar-refractivity contribution in [3.05, 3.63) is 12.0 Å². The highest BCUT2D eigenvalue weighted by Crippen LogP contribution is 2.38. The van der Waals surface area contributed by atoms with Gasteiger partial charge in [0.15, 0.2) is 11.5 Å². The average Bonchev–Trinajstić information content (AvgIpc) is 2.92. The average molecular weight is 233 g/mol. The number of hydrogen-bond donors (Lipinski definition) is 1. The third-order valence-electron chi connectivity index (χ3n) is 2.90. The summed E-state index contributed by atoms with van der Waals surface area (Å²) in [6.45, 7) is 3.19. The maximum absolute atomic E-state index is 5.48. The predicted octanol–water partition coefficient (Wildman–Crippen LogP) is 0.139. The molecule has 1 fully saturated rings. The van der Waals surface area contributed by atoms with Gasteiger partial charge in [0.05, 0.1) is 12.7 Å². The second-order valence-corrected chi connectivity index (χ2v) is 4.33. The van der Waals surface area contributed by atoms with E-state index in [0.29, 0.717) is 19.1 Å². The second kappa shape index (κ2) is 3.92. The van der Waals surface area contributed by atoms with Gasteiger partial charge in [-0.15, -0.1) is 15.3 Å². The van der Waals surface area contributed by atoms with Crippen molar-refractivity contribution >= 4 is 0 Å². The molecule has 7 nitrogen and oxygen atoms in total. The summed E-state index contributed by atoms with van der Waals surface area (Å²) in [5.74, 6) is 1.75. The van der Waals surface area contributed by atoms with Gasteiger partial charge in [0.25, 0.3) is 0 Å². The lowest BCUT2D eigenvalue weighted by atomic mass is 10.4. The molecule has 2 heterocycles. The second-order valence-electron chi connectivity index (χ2n) is 4.33. The molecule has 0 bridgehead atoms. The molecule has 1 aliphatic carbocycles. The molecule has 0 radical (unpaired) electrons. The Labute approximate surface area is 98.6 Å². The van der Waals surface area contributed by atoms with Gasteiger partial charge in [0.2, 0.25) is 0 Å². The number of aromatic nitrogens is 6. The van der Waals surface area contributed by atoms with Crippen LogP contribution in [0.3, 0.4) is 0 Å². The Balaban J connectivity index is 1.96. The molecule has 0 saturated heterocycles. The zero-order valence-corrected chi connectivity index (χ0v) is 9.74. The number of hydrogen-bond acceptors (Lipinski definition) is 5. The summed E-state index contributed by atoms with van der Waals surface area (Å²) in [7, 11) is 0. The van der Waals surface area contributed by atoms with Crippen LogP contribution in [0.1, 0.15) is 24.7 Å². The highest BCUT2D eigenvalue weighted by atomic mass is 15.4. The summed E-state index contributed by atoms with van der Waals surface area (Å²) < 4.78 is 3.88. The van der Waals surface area contributed by atoms with E-state index in [9.17, 15) is 0 Å². The third kappa shape index (κ3) is 1.82. The van der Waals surface area contributed by atoms with Crippen molar-refractivity contribution in [3.63, 3.8) is 0 Å². The molecule has 2 aromatic rings. The van der Waals surface area contributed by atoms with Crippen LogP contribution in [0.5, 0.6) is 0 Å². The topological polar surface area (TPSA) is 87.4 Å². The molecular formula is C10H15N7. The first-order valence-electron chi connectivity index (χ1n) is 5.81. The van der Waals surface area contributed by atoms with Crippen molar-refractivity contribution in [2.75, 3.05) is 6.54 Å². The first-order valence-corrected chi connectivity index (χ1v) is 5.81. The van der Waals surface area contributed by atoms with E-state index in [-0.39, 0.29) is 0 Å². The van der Waals surface area contributed by atoms with E-state index >= 15 is 0 Å². The van der Waals surface area contributed by atoms with Crippen molar-refractivity contribution in [1.29, 1.82) is 0 Å². The summed E-state index contributed by atoms with van der Waals surface area (Å²) in [6.07, 6.45) is 4.26. The van der Waals surface area contributed by atoms with E-state index in [4.69, 9.17) is 5.73 Å². The first kappa shape index (κ1) is 10.4. The van der Waals surface area contributed by atoms with Crippen LogP contribution in [0.25, 0.3) is 11.5 Å². The lowest BCUT2D eigenvalue weighted by Gasteiger charge is -2.03. The first-order chi connectivity index (χ1) is 8.29. The van der Waals surface area contributed by atoms with Crippen LogP contribution in [-0.4, -0.2) is 36.3 Å². The quantitative estimate of drug-likeness (QED) is 0.811. The summed E-state index contributed by atoms with van der Waals surface area (Å²) >= 11 is 0. The molecule has 0 unspecified atom stereocenters. The van der Waals surface area contributed by atoms with Gasteiger partial charge >= 0.3 is 0 Å². The predicted molar refractivity (Wildman–Crippen MR) is 61.1 cm³/mol. The number of rotatable bonds is 4. The van der Waals surface area contributed by atoms with Crippen molar-refractivity contribution in [2.45, 2.75) is 32.4 Å². The van der Waals surface area contributed by atoms with Gasteiger partial charge in [-0.05, 0) is 19.8 Å². The molecule has 0 spiro atoms. The third-order valence-corrected chi connectivity index (χ3v) is 2.90. The Morgan fingerprint density at radius 3 is 2.88 bits per heavy atom. The molecule has 90 valence electrons. The van der Waals surface area contributed by atoms with Gasteiger partial charge in [0, 0.05) is 12.6 Å². The molecule has 0 atom stereocenters. The molecule has 0 aromatic carbocycles. The van der Waals surface area contributed by atoms with Crippen molar-refractivity contribution < 1.29 is 0 Å². The summed E-state index contributed by atoms with van der Waals surface area (Å²) in [4.78, 5) is 0. The van der Waals surface area contributed by atoms with Crippen LogP contribution in [-0.2, 0) is 6.54 Å². The van der Waals surface area contributed by atoms with E-state index in [2.05, 4.69) is 25.1 Å². The Hall–Kier alpha value is -1.76. The Morgan fingerprint density at radius 1 is 1.35 bits per heavy atom. The van der Waals surface area contributed by atoms with Crippen molar-refractivity contribution in [1.82, 2.24) is 29.8 Å². The fourth-order valence-electron chi connectivity index (χ4n) is 1.96. The normalized spacial score (nSPS) is 15.4. The van der Waals surface area contributed by atoms with Crippen LogP contribution in [0.4, 0.5) is 0 Å². The highest BCUT2D eigenvalue weighted by molar-refractivity contribution is 5.47. The SMILES string of the molecule is Cc1nnc(-c2cn(CCN)nn2)n1C1CC1. The lowest BCUT2D eigenvalue weighted by molar-refractivity contribution is 0.598. The van der Waals surface area contributed by atoms with E-state index in [0.717, 1.165) is 17.3 Å². The largest absolute Gasteiger partial charge is 0.329 e. The Morgan fingerprint density at radius 2 is 2.18 bits per heavy atom. The monoisotopic (exact) mass is 233 g/mol. The highest BCUT2D eigenvalue weighted by Gasteiger charge is 2.29. The Bertz CT molecular complexity index is 522. The molecular weight excluding hydrogens is 218 g/mol. The molecule has 2 N–H and O–H groups in total. The minimum absolute atomic E-state index is 0.541. The molecule has 7 heteroatoms. The van der Waals surface area contributed by atoms with Crippen LogP contribution >= 0.6 is 0 Å². The minimum atomic E-state index is 0.541. The lowest BCUT2D eigenvalue weighted by Crippen LogP contribution is -2.10. The van der Waals surface area contributed by atoms with E-state index in [1.54, 1.807) is 4.68 Å². The molecule has 2 aromatic heterocycles. The fraction of sp³-hybridized carbons (Fsp3) is 0.600. The fourth-order valence-corrected chi connectivity index (χ4v) is 1.96. The maximum Gasteiger partial charge on any atom is 0.186 e. The van der Waals surface area contributed by atoms with Gasteiger partial charge in [-0.2, -0.15) is 0 Å². The van der Waals surface area contributed by atoms with Gasteiger partial charge < -0.3 is 10.3 Å². The molecule has 1 aliphatic rings. The van der Waals surface area contributed by atoms with Gasteiger partial charge in [0.1, 0.15) is 5.82 Å². The van der Waals surface area contributed by atoms with E-state index in [1.165, 1.54) is 12.8 Å². The van der Waals surface area contributed by atoms with Crippen LogP contribution in [0.15, 0.2) is 6.20 Å². The van der Waals surface area contributed by atoms with Gasteiger partial charge in [-0.25, -0.2) is 0 Å². The van der Waals surface area contributed by atoms with Gasteiger partial charge in [-0.3, -0.25) is 4.68 Å². The van der Waals surface area contributed by atoms with Crippen molar-refractivity contribution in [2.24, 2.45) is 5.73 Å². The summed E-state index contributed by atoms with van der Waals surface area (Å²) in [5, 5.41) is 16.4. The molecule has 0 aliphatic heterocycles. The zero-order chi connectivity index (χ0) is 11.8. The van der Waals surface area contributed by atoms with Crippen LogP contribution in [0.2, 0.25) is 0 Å². The molecule has 1 saturated carbocycles. The van der Waals surface area contributed by atoms with E-state index < -0.39 is 0 Å². The molecule has 0 amide bonds. The van der Waals surface area contributed by atoms with Crippen LogP contribution in [0, 0.1) is 6.92 Å². The van der Waals surface area contributed by atoms with Gasteiger partial charge in [-0.1, -0.05) is 5.21 Å². The Kier molecular flexibility index (Phi) is 2.40. The number of nitrogens with two attached hydrogens (primary N) is 1. The number of aryl methyl sites for hydroxylation is 1. The standard InChI is InChI=1S/C10H15N7/c1-7-12-14-10(17(7)8-2-3-8)9-6-16(5-4-11)15-13-9/h6,8H,2-5,11H2,1H3. The van der Waals surface area contributed by atoms with Crippen molar-refractivity contribution in [3.8, 4) is 11.5 Å². The van der Waals surface area contributed by atoms with E-state index in [1.807, 2.05) is 13.1 Å². The minimum Gasteiger partial charge on any atom is -0.329 e. The van der Waals surface area contributed by atoms with Crippen LogP contribution < -0.4 is 5.73 Å². The zero-order valence-electron chi connectivity index (χ0n) is 9.74. The molecule has 17 heavy (non-hydrogen) atoms. The smallest absolute Gasteiger partial charge is 0.186 e. The maximum atomic E-state index is 5.48. The molecule has 3 rings (SSSR count).